The van der Waals surface area contributed by atoms with Crippen molar-refractivity contribution in [2.24, 2.45) is 0 Å². The minimum atomic E-state index is -4.13. The average molecular weight is 460 g/mol. The first-order valence-electron chi connectivity index (χ1n) is 7.51. The lowest BCUT2D eigenvalue weighted by atomic mass is 10.1. The zero-order chi connectivity index (χ0) is 20.4. The summed E-state index contributed by atoms with van der Waals surface area (Å²) < 4.78 is 43.9. The van der Waals surface area contributed by atoms with Crippen LogP contribution in [0.5, 0.6) is 17.2 Å². The normalized spacial score (nSPS) is 11.0. The standard InChI is InChI=1S/C17H18BrNO7S/c1-9-5-6-13(11(18)7-9)27(22,23)19-14-10(17(20)21)8-12(24-2)15(25-3)16(14)26-4/h5-8,19H,1-4H3,(H,20,21). The van der Waals surface area contributed by atoms with Crippen LogP contribution in [-0.2, 0) is 10.0 Å². The van der Waals surface area contributed by atoms with Gasteiger partial charge in [0, 0.05) is 10.5 Å². The molecule has 10 heteroatoms. The number of carboxylic acids is 1. The molecule has 0 aliphatic heterocycles. The highest BCUT2D eigenvalue weighted by molar-refractivity contribution is 9.10. The molecule has 0 aromatic heterocycles. The van der Waals surface area contributed by atoms with Crippen molar-refractivity contribution >= 4 is 37.6 Å². The van der Waals surface area contributed by atoms with Crippen molar-refractivity contribution in [3.63, 3.8) is 0 Å². The van der Waals surface area contributed by atoms with Crippen LogP contribution in [0.3, 0.4) is 0 Å². The van der Waals surface area contributed by atoms with Crippen molar-refractivity contribution in [3.05, 3.63) is 39.9 Å². The van der Waals surface area contributed by atoms with Gasteiger partial charge in [-0.3, -0.25) is 4.72 Å². The fourth-order valence-electron chi connectivity index (χ4n) is 2.44. The summed E-state index contributed by atoms with van der Waals surface area (Å²) in [4.78, 5) is 11.6. The minimum absolute atomic E-state index is 0.0544. The first-order chi connectivity index (χ1) is 12.7. The number of hydrogen-bond acceptors (Lipinski definition) is 6. The fraction of sp³-hybridized carbons (Fsp3) is 0.235. The molecular formula is C17H18BrNO7S. The quantitative estimate of drug-likeness (QED) is 0.653. The van der Waals surface area contributed by atoms with E-state index in [0.29, 0.717) is 4.47 Å². The molecule has 27 heavy (non-hydrogen) atoms. The summed E-state index contributed by atoms with van der Waals surface area (Å²) in [7, 11) is -0.206. The van der Waals surface area contributed by atoms with Crippen LogP contribution in [0.15, 0.2) is 33.6 Å². The van der Waals surface area contributed by atoms with Crippen LogP contribution < -0.4 is 18.9 Å². The molecular weight excluding hydrogens is 442 g/mol. The second-order valence-electron chi connectivity index (χ2n) is 5.41. The van der Waals surface area contributed by atoms with E-state index >= 15 is 0 Å². The molecule has 2 rings (SSSR count). The van der Waals surface area contributed by atoms with E-state index in [1.54, 1.807) is 12.1 Å². The highest BCUT2D eigenvalue weighted by Gasteiger charge is 2.28. The summed E-state index contributed by atoms with van der Waals surface area (Å²) in [6, 6.07) is 5.84. The summed E-state index contributed by atoms with van der Waals surface area (Å²) in [5, 5.41) is 9.53. The maximum absolute atomic E-state index is 12.9. The van der Waals surface area contributed by atoms with Crippen LogP contribution in [0.4, 0.5) is 5.69 Å². The number of hydrogen-bond donors (Lipinski definition) is 2. The van der Waals surface area contributed by atoms with Crippen molar-refractivity contribution in [3.8, 4) is 17.2 Å². The van der Waals surface area contributed by atoms with E-state index in [0.717, 1.165) is 11.6 Å². The Hall–Kier alpha value is -2.46. The Morgan fingerprint density at radius 3 is 2.19 bits per heavy atom. The molecule has 2 aromatic carbocycles. The molecule has 8 nitrogen and oxygen atoms in total. The fourth-order valence-corrected chi connectivity index (χ4v) is 4.72. The summed E-state index contributed by atoms with van der Waals surface area (Å²) in [5.74, 6) is -1.33. The SMILES string of the molecule is COc1cc(C(=O)O)c(NS(=O)(=O)c2ccc(C)cc2Br)c(OC)c1OC. The van der Waals surface area contributed by atoms with Crippen LogP contribution >= 0.6 is 15.9 Å². The third-order valence-corrected chi connectivity index (χ3v) is 6.00. The largest absolute Gasteiger partial charge is 0.493 e. The van der Waals surface area contributed by atoms with E-state index in [2.05, 4.69) is 20.7 Å². The van der Waals surface area contributed by atoms with Crippen molar-refractivity contribution in [2.75, 3.05) is 26.1 Å². The first-order valence-corrected chi connectivity index (χ1v) is 9.79. The molecule has 0 saturated heterocycles. The third-order valence-electron chi connectivity index (χ3n) is 3.67. The molecule has 146 valence electrons. The molecule has 0 amide bonds. The number of aromatic carboxylic acids is 1. The predicted octanol–water partition coefficient (Wildman–Crippen LogP) is 3.28. The Labute approximate surface area is 165 Å². The van der Waals surface area contributed by atoms with Crippen LogP contribution in [0.25, 0.3) is 0 Å². The number of ether oxygens (including phenoxy) is 3. The molecule has 0 atom stereocenters. The number of rotatable bonds is 7. The Morgan fingerprint density at radius 2 is 1.70 bits per heavy atom. The van der Waals surface area contributed by atoms with E-state index in [9.17, 15) is 18.3 Å². The Morgan fingerprint density at radius 1 is 1.07 bits per heavy atom. The van der Waals surface area contributed by atoms with Crippen molar-refractivity contribution < 1.29 is 32.5 Å². The zero-order valence-corrected chi connectivity index (χ0v) is 17.4. The lowest BCUT2D eigenvalue weighted by Gasteiger charge is -2.19. The smallest absolute Gasteiger partial charge is 0.338 e. The van der Waals surface area contributed by atoms with Crippen molar-refractivity contribution in [2.45, 2.75) is 11.8 Å². The summed E-state index contributed by atoms with van der Waals surface area (Å²) in [6.45, 7) is 1.81. The Bertz CT molecular complexity index is 989. The van der Waals surface area contributed by atoms with Gasteiger partial charge in [0.25, 0.3) is 10.0 Å². The van der Waals surface area contributed by atoms with Gasteiger partial charge in [0.2, 0.25) is 5.75 Å². The van der Waals surface area contributed by atoms with Crippen molar-refractivity contribution in [1.82, 2.24) is 0 Å². The number of benzene rings is 2. The number of carbonyl (C=O) groups is 1. The molecule has 2 N–H and O–H groups in total. The van der Waals surface area contributed by atoms with Gasteiger partial charge < -0.3 is 19.3 Å². The molecule has 0 heterocycles. The molecule has 0 radical (unpaired) electrons. The predicted molar refractivity (Wildman–Crippen MR) is 103 cm³/mol. The summed E-state index contributed by atoms with van der Waals surface area (Å²) in [6.07, 6.45) is 0. The maximum atomic E-state index is 12.9. The number of carboxylic acid groups (broad SMARTS) is 1. The third kappa shape index (κ3) is 4.11. The van der Waals surface area contributed by atoms with E-state index in [1.165, 1.54) is 27.4 Å². The second kappa shape index (κ2) is 8.05. The average Bonchev–Trinajstić information content (AvgIpc) is 2.59. The molecule has 0 aliphatic carbocycles. The lowest BCUT2D eigenvalue weighted by molar-refractivity contribution is 0.0697. The van der Waals surface area contributed by atoms with Crippen LogP contribution in [0.1, 0.15) is 15.9 Å². The van der Waals surface area contributed by atoms with Crippen LogP contribution in [0, 0.1) is 6.92 Å². The topological polar surface area (TPSA) is 111 Å². The van der Waals surface area contributed by atoms with E-state index in [-0.39, 0.29) is 33.4 Å². The van der Waals surface area contributed by atoms with E-state index in [1.807, 2.05) is 6.92 Å². The van der Waals surface area contributed by atoms with Gasteiger partial charge in [-0.2, -0.15) is 0 Å². The van der Waals surface area contributed by atoms with Crippen LogP contribution in [0.2, 0.25) is 0 Å². The number of methoxy groups -OCH3 is 3. The Kier molecular flexibility index (Phi) is 6.22. The second-order valence-corrected chi connectivity index (χ2v) is 7.92. The highest BCUT2D eigenvalue weighted by atomic mass is 79.9. The number of nitrogens with one attached hydrogen (secondary N) is 1. The van der Waals surface area contributed by atoms with E-state index < -0.39 is 16.0 Å². The minimum Gasteiger partial charge on any atom is -0.493 e. The molecule has 0 saturated carbocycles. The van der Waals surface area contributed by atoms with Crippen molar-refractivity contribution in [1.29, 1.82) is 0 Å². The summed E-state index contributed by atoms with van der Waals surface area (Å²) >= 11 is 3.22. The maximum Gasteiger partial charge on any atom is 0.338 e. The number of aryl methyl sites for hydroxylation is 1. The summed E-state index contributed by atoms with van der Waals surface area (Å²) in [5.41, 5.74) is 0.238. The monoisotopic (exact) mass is 459 g/mol. The van der Waals surface area contributed by atoms with Gasteiger partial charge in [-0.05, 0) is 40.5 Å². The zero-order valence-electron chi connectivity index (χ0n) is 15.0. The van der Waals surface area contributed by atoms with Gasteiger partial charge in [0.05, 0.1) is 26.9 Å². The highest BCUT2D eigenvalue weighted by Crippen LogP contribution is 2.46. The van der Waals surface area contributed by atoms with E-state index in [4.69, 9.17) is 14.2 Å². The Balaban J connectivity index is 2.71. The van der Waals surface area contributed by atoms with Gasteiger partial charge in [-0.15, -0.1) is 0 Å². The molecule has 0 bridgehead atoms. The molecule has 2 aromatic rings. The van der Waals surface area contributed by atoms with Gasteiger partial charge in [-0.25, -0.2) is 13.2 Å². The molecule has 0 fully saturated rings. The molecule has 0 unspecified atom stereocenters. The molecule has 0 aliphatic rings. The number of anilines is 1. The number of sulfonamides is 1. The van der Waals surface area contributed by atoms with Gasteiger partial charge in [0.15, 0.2) is 11.5 Å². The number of halogens is 1. The molecule has 0 spiro atoms. The first kappa shape index (κ1) is 20.8. The lowest BCUT2D eigenvalue weighted by Crippen LogP contribution is -2.17. The van der Waals surface area contributed by atoms with Gasteiger partial charge >= 0.3 is 5.97 Å². The van der Waals surface area contributed by atoms with Gasteiger partial charge in [-0.1, -0.05) is 6.07 Å². The van der Waals surface area contributed by atoms with Crippen LogP contribution in [-0.4, -0.2) is 40.8 Å². The van der Waals surface area contributed by atoms with Gasteiger partial charge in [0.1, 0.15) is 10.6 Å².